The topological polar surface area (TPSA) is 61.3 Å². The number of Topliss-reactive ketones (excluding diaryl/α,β-unsaturated/α-hetero) is 1. The fourth-order valence-electron chi connectivity index (χ4n) is 2.11. The van der Waals surface area contributed by atoms with Gasteiger partial charge in [-0.3, -0.25) is 4.79 Å². The van der Waals surface area contributed by atoms with E-state index in [1.165, 1.54) is 18.1 Å². The van der Waals surface area contributed by atoms with Gasteiger partial charge in [0.05, 0.1) is 20.0 Å². The van der Waals surface area contributed by atoms with Crippen molar-refractivity contribution in [3.05, 3.63) is 41.5 Å². The highest BCUT2D eigenvalue weighted by molar-refractivity contribution is 8.00. The number of benzene rings is 1. The van der Waals surface area contributed by atoms with Gasteiger partial charge in [-0.2, -0.15) is 0 Å². The van der Waals surface area contributed by atoms with Crippen molar-refractivity contribution < 1.29 is 14.3 Å². The third kappa shape index (κ3) is 3.30. The van der Waals surface area contributed by atoms with Gasteiger partial charge in [0, 0.05) is 10.9 Å². The van der Waals surface area contributed by atoms with E-state index in [9.17, 15) is 4.79 Å². The number of hydrogen-bond acceptors (Lipinski definition) is 7. The van der Waals surface area contributed by atoms with Crippen molar-refractivity contribution in [2.24, 2.45) is 0 Å². The summed E-state index contributed by atoms with van der Waals surface area (Å²) in [5.74, 6) is 1.47. The molecule has 0 saturated carbocycles. The van der Waals surface area contributed by atoms with Gasteiger partial charge in [0.15, 0.2) is 17.3 Å². The average Bonchev–Trinajstić information content (AvgIpc) is 3.08. The third-order valence-corrected chi connectivity index (χ3v) is 5.10. The highest BCUT2D eigenvalue weighted by Gasteiger charge is 2.13. The monoisotopic (exact) mass is 346 g/mol. The molecular weight excluding hydrogens is 332 g/mol. The van der Waals surface area contributed by atoms with E-state index in [4.69, 9.17) is 9.47 Å². The molecule has 0 unspecified atom stereocenters. The third-order valence-electron chi connectivity index (χ3n) is 3.27. The van der Waals surface area contributed by atoms with E-state index in [0.717, 1.165) is 15.2 Å². The van der Waals surface area contributed by atoms with Gasteiger partial charge in [-0.05, 0) is 29.6 Å². The smallest absolute Gasteiger partial charge is 0.173 e. The van der Waals surface area contributed by atoms with Crippen molar-refractivity contribution in [2.45, 2.75) is 5.03 Å². The summed E-state index contributed by atoms with van der Waals surface area (Å²) in [5, 5.41) is 3.78. The van der Waals surface area contributed by atoms with Crippen LogP contribution in [0.4, 0.5) is 0 Å². The molecule has 0 radical (unpaired) electrons. The maximum absolute atomic E-state index is 12.4. The summed E-state index contributed by atoms with van der Waals surface area (Å²) in [4.78, 5) is 21.8. The number of rotatable bonds is 6. The van der Waals surface area contributed by atoms with Crippen molar-refractivity contribution in [1.29, 1.82) is 0 Å². The number of thioether (sulfide) groups is 1. The van der Waals surface area contributed by atoms with Crippen LogP contribution in [0, 0.1) is 0 Å². The highest BCUT2D eigenvalue weighted by Crippen LogP contribution is 2.30. The van der Waals surface area contributed by atoms with Gasteiger partial charge in [0.25, 0.3) is 0 Å². The zero-order chi connectivity index (χ0) is 16.2. The summed E-state index contributed by atoms with van der Waals surface area (Å²) in [6.45, 7) is 0. The molecule has 3 aromatic rings. The molecule has 0 aliphatic carbocycles. The highest BCUT2D eigenvalue weighted by atomic mass is 32.2. The number of methoxy groups -OCH3 is 2. The molecule has 2 heterocycles. The van der Waals surface area contributed by atoms with Gasteiger partial charge in [-0.25, -0.2) is 9.97 Å². The van der Waals surface area contributed by atoms with E-state index < -0.39 is 0 Å². The Morgan fingerprint density at radius 3 is 2.78 bits per heavy atom. The van der Waals surface area contributed by atoms with Crippen molar-refractivity contribution in [2.75, 3.05) is 20.0 Å². The Kier molecular flexibility index (Phi) is 4.78. The van der Waals surface area contributed by atoms with Gasteiger partial charge in [0.1, 0.15) is 16.2 Å². The molecular formula is C16H14N2O3S2. The maximum Gasteiger partial charge on any atom is 0.173 e. The van der Waals surface area contributed by atoms with Gasteiger partial charge in [-0.1, -0.05) is 11.8 Å². The van der Waals surface area contributed by atoms with Crippen molar-refractivity contribution in [3.63, 3.8) is 0 Å². The predicted molar refractivity (Wildman–Crippen MR) is 92.0 cm³/mol. The van der Waals surface area contributed by atoms with Crippen LogP contribution >= 0.6 is 23.1 Å². The van der Waals surface area contributed by atoms with Crippen molar-refractivity contribution in [3.8, 4) is 11.5 Å². The minimum Gasteiger partial charge on any atom is -0.493 e. The van der Waals surface area contributed by atoms with Crippen LogP contribution in [0.5, 0.6) is 11.5 Å². The number of hydrogen-bond donors (Lipinski definition) is 0. The lowest BCUT2D eigenvalue weighted by Crippen LogP contribution is -2.03. The second kappa shape index (κ2) is 6.97. The summed E-state index contributed by atoms with van der Waals surface area (Å²) in [7, 11) is 3.12. The Morgan fingerprint density at radius 1 is 1.17 bits per heavy atom. The average molecular weight is 346 g/mol. The van der Waals surface area contributed by atoms with Crippen LogP contribution in [0.2, 0.25) is 0 Å². The fourth-order valence-corrected chi connectivity index (χ4v) is 3.78. The molecule has 23 heavy (non-hydrogen) atoms. The molecule has 1 aromatic carbocycles. The van der Waals surface area contributed by atoms with Gasteiger partial charge in [-0.15, -0.1) is 11.3 Å². The summed E-state index contributed by atoms with van der Waals surface area (Å²) in [5.41, 5.74) is 0.589. The summed E-state index contributed by atoms with van der Waals surface area (Å²) >= 11 is 2.98. The molecule has 0 amide bonds. The molecule has 0 bridgehead atoms. The van der Waals surface area contributed by atoms with Crippen LogP contribution in [0.3, 0.4) is 0 Å². The molecule has 0 aliphatic heterocycles. The number of ketones is 1. The Balaban J connectivity index is 1.76. The molecule has 0 atom stereocenters. The number of thiophene rings is 1. The second-order valence-electron chi connectivity index (χ2n) is 4.60. The Labute approximate surface area is 141 Å². The molecule has 0 saturated heterocycles. The molecule has 0 spiro atoms. The summed E-state index contributed by atoms with van der Waals surface area (Å²) in [6.07, 6.45) is 1.53. The largest absolute Gasteiger partial charge is 0.493 e. The number of ether oxygens (including phenoxy) is 2. The van der Waals surface area contributed by atoms with E-state index in [1.54, 1.807) is 43.8 Å². The lowest BCUT2D eigenvalue weighted by atomic mass is 10.1. The lowest BCUT2D eigenvalue weighted by molar-refractivity contribution is 0.102. The van der Waals surface area contributed by atoms with E-state index in [-0.39, 0.29) is 5.78 Å². The lowest BCUT2D eigenvalue weighted by Gasteiger charge is -2.09. The first-order valence-electron chi connectivity index (χ1n) is 6.79. The standard InChI is InChI=1S/C16H14N2O3S2/c1-20-13-4-3-10(7-14(13)21-2)12(19)8-23-16-11-5-6-22-15(11)17-9-18-16/h3-7,9H,8H2,1-2H3. The van der Waals surface area contributed by atoms with Crippen molar-refractivity contribution in [1.82, 2.24) is 9.97 Å². The van der Waals surface area contributed by atoms with Crippen LogP contribution in [-0.2, 0) is 0 Å². The van der Waals surface area contributed by atoms with Crippen LogP contribution in [0.15, 0.2) is 41.0 Å². The molecule has 7 heteroatoms. The Morgan fingerprint density at radius 2 is 2.00 bits per heavy atom. The van der Waals surface area contributed by atoms with Gasteiger partial charge < -0.3 is 9.47 Å². The number of aromatic nitrogens is 2. The number of carbonyl (C=O) groups excluding carboxylic acids is 1. The minimum absolute atomic E-state index is 0.0120. The predicted octanol–water partition coefficient (Wildman–Crippen LogP) is 3.68. The maximum atomic E-state index is 12.4. The van der Waals surface area contributed by atoms with Crippen LogP contribution in [0.25, 0.3) is 10.2 Å². The van der Waals surface area contributed by atoms with Crippen LogP contribution in [0.1, 0.15) is 10.4 Å². The second-order valence-corrected chi connectivity index (χ2v) is 6.46. The molecule has 3 rings (SSSR count). The molecule has 2 aromatic heterocycles. The van der Waals surface area contributed by atoms with E-state index in [0.29, 0.717) is 22.8 Å². The molecule has 0 aliphatic rings. The minimum atomic E-state index is 0.0120. The van der Waals surface area contributed by atoms with E-state index in [1.807, 2.05) is 11.4 Å². The van der Waals surface area contributed by atoms with E-state index in [2.05, 4.69) is 9.97 Å². The Hall–Kier alpha value is -2.12. The van der Waals surface area contributed by atoms with Gasteiger partial charge in [0.2, 0.25) is 0 Å². The molecule has 0 fully saturated rings. The first-order chi connectivity index (χ1) is 11.2. The normalized spacial score (nSPS) is 10.7. The number of carbonyl (C=O) groups is 1. The van der Waals surface area contributed by atoms with Crippen LogP contribution < -0.4 is 9.47 Å². The molecule has 118 valence electrons. The number of fused-ring (bicyclic) bond motifs is 1. The van der Waals surface area contributed by atoms with E-state index >= 15 is 0 Å². The number of nitrogens with zero attached hydrogens (tertiary/aromatic N) is 2. The quantitative estimate of drug-likeness (QED) is 0.385. The zero-order valence-corrected chi connectivity index (χ0v) is 14.2. The van der Waals surface area contributed by atoms with Crippen LogP contribution in [-0.4, -0.2) is 35.7 Å². The van der Waals surface area contributed by atoms with Gasteiger partial charge >= 0.3 is 0 Å². The SMILES string of the molecule is COc1ccc(C(=O)CSc2ncnc3sccc23)cc1OC. The Bertz CT molecular complexity index is 848. The fraction of sp³-hybridized carbons (Fsp3) is 0.188. The molecule has 0 N–H and O–H groups in total. The summed E-state index contributed by atoms with van der Waals surface area (Å²) in [6, 6.07) is 7.15. The molecule has 5 nitrogen and oxygen atoms in total. The van der Waals surface area contributed by atoms with Crippen molar-refractivity contribution >= 4 is 39.1 Å². The zero-order valence-electron chi connectivity index (χ0n) is 12.6. The summed E-state index contributed by atoms with van der Waals surface area (Å²) < 4.78 is 10.4. The first-order valence-corrected chi connectivity index (χ1v) is 8.65. The first kappa shape index (κ1) is 15.8.